The number of hydrogen-bond donors (Lipinski definition) is 0. The molecule has 1 aromatic heterocycles. The maximum Gasteiger partial charge on any atom is 0.138 e. The molecule has 0 saturated carbocycles. The van der Waals surface area contributed by atoms with Crippen molar-refractivity contribution >= 4 is 26.8 Å². The molecule has 0 saturated heterocycles. The third-order valence-electron chi connectivity index (χ3n) is 2.88. The van der Waals surface area contributed by atoms with Crippen molar-refractivity contribution in [2.45, 2.75) is 6.61 Å². The van der Waals surface area contributed by atoms with Gasteiger partial charge in [-0.3, -0.25) is 4.98 Å². The van der Waals surface area contributed by atoms with Crippen molar-refractivity contribution in [3.63, 3.8) is 0 Å². The zero-order valence-corrected chi connectivity index (χ0v) is 11.8. The van der Waals surface area contributed by atoms with E-state index in [1.165, 1.54) is 0 Å². The summed E-state index contributed by atoms with van der Waals surface area (Å²) in [5, 5.41) is 1.09. The predicted octanol–water partition coefficient (Wildman–Crippen LogP) is 4.58. The van der Waals surface area contributed by atoms with Crippen LogP contribution in [0.2, 0.25) is 0 Å². The Hall–Kier alpha value is -1.87. The first-order chi connectivity index (χ1) is 9.31. The highest BCUT2D eigenvalue weighted by atomic mass is 79.9. The summed E-state index contributed by atoms with van der Waals surface area (Å²) in [5.41, 5.74) is 2.12. The topological polar surface area (TPSA) is 22.1 Å². The summed E-state index contributed by atoms with van der Waals surface area (Å²) in [4.78, 5) is 4.38. The maximum atomic E-state index is 5.76. The Morgan fingerprint density at radius 1 is 1.00 bits per heavy atom. The summed E-state index contributed by atoms with van der Waals surface area (Å²) in [6.07, 6.45) is 1.77. The first-order valence-corrected chi connectivity index (χ1v) is 6.82. The Labute approximate surface area is 120 Å². The molecule has 1 heterocycles. The van der Waals surface area contributed by atoms with Crippen LogP contribution < -0.4 is 4.74 Å². The van der Waals surface area contributed by atoms with E-state index in [0.717, 1.165) is 26.7 Å². The normalized spacial score (nSPS) is 10.6. The number of benzene rings is 2. The van der Waals surface area contributed by atoms with Gasteiger partial charge < -0.3 is 4.74 Å². The van der Waals surface area contributed by atoms with Crippen LogP contribution in [0, 0.1) is 0 Å². The van der Waals surface area contributed by atoms with Gasteiger partial charge in [-0.25, -0.2) is 0 Å². The fourth-order valence-corrected chi connectivity index (χ4v) is 2.14. The maximum absolute atomic E-state index is 5.76. The Kier molecular flexibility index (Phi) is 3.47. The lowest BCUT2D eigenvalue weighted by atomic mass is 10.2. The molecular weight excluding hydrogens is 302 g/mol. The van der Waals surface area contributed by atoms with E-state index in [0.29, 0.717) is 6.61 Å². The molecule has 0 atom stereocenters. The predicted molar refractivity (Wildman–Crippen MR) is 80.2 cm³/mol. The molecule has 0 amide bonds. The molecule has 0 radical (unpaired) electrons. The van der Waals surface area contributed by atoms with Crippen LogP contribution >= 0.6 is 15.9 Å². The van der Waals surface area contributed by atoms with Crippen LogP contribution in [0.25, 0.3) is 10.9 Å². The summed E-state index contributed by atoms with van der Waals surface area (Å²) in [6.45, 7) is 0.549. The lowest BCUT2D eigenvalue weighted by molar-refractivity contribution is 0.305. The van der Waals surface area contributed by atoms with Crippen LogP contribution in [-0.4, -0.2) is 4.98 Å². The molecule has 0 fully saturated rings. The standard InChI is InChI=1S/C16H12BrNO/c17-14-7-5-12(6-8-14)11-19-15-9-13-3-1-2-4-16(13)18-10-15/h1-10H,11H2. The second-order valence-corrected chi connectivity index (χ2v) is 5.19. The van der Waals surface area contributed by atoms with E-state index in [-0.39, 0.29) is 0 Å². The average molecular weight is 314 g/mol. The number of fused-ring (bicyclic) bond motifs is 1. The van der Waals surface area contributed by atoms with E-state index in [1.807, 2.05) is 54.6 Å². The van der Waals surface area contributed by atoms with Gasteiger partial charge in [-0.2, -0.15) is 0 Å². The molecule has 3 aromatic rings. The lowest BCUT2D eigenvalue weighted by Crippen LogP contribution is -1.95. The molecular formula is C16H12BrNO. The van der Waals surface area contributed by atoms with E-state index >= 15 is 0 Å². The van der Waals surface area contributed by atoms with Crippen molar-refractivity contribution in [1.82, 2.24) is 4.98 Å². The zero-order chi connectivity index (χ0) is 13.1. The summed E-state index contributed by atoms with van der Waals surface area (Å²) >= 11 is 3.42. The molecule has 0 bridgehead atoms. The van der Waals surface area contributed by atoms with Crippen molar-refractivity contribution in [3.8, 4) is 5.75 Å². The van der Waals surface area contributed by atoms with E-state index in [4.69, 9.17) is 4.74 Å². The highest BCUT2D eigenvalue weighted by Crippen LogP contribution is 2.19. The van der Waals surface area contributed by atoms with Crippen LogP contribution in [0.1, 0.15) is 5.56 Å². The molecule has 0 aliphatic heterocycles. The number of nitrogens with zero attached hydrogens (tertiary/aromatic N) is 1. The largest absolute Gasteiger partial charge is 0.487 e. The molecule has 0 aliphatic carbocycles. The van der Waals surface area contributed by atoms with E-state index in [1.54, 1.807) is 6.20 Å². The molecule has 0 spiro atoms. The minimum atomic E-state index is 0.549. The van der Waals surface area contributed by atoms with Crippen molar-refractivity contribution in [3.05, 3.63) is 70.8 Å². The molecule has 0 unspecified atom stereocenters. The second kappa shape index (κ2) is 5.41. The Morgan fingerprint density at radius 3 is 2.63 bits per heavy atom. The van der Waals surface area contributed by atoms with Crippen LogP contribution in [0.5, 0.6) is 5.75 Å². The zero-order valence-electron chi connectivity index (χ0n) is 10.2. The van der Waals surface area contributed by atoms with Crippen molar-refractivity contribution < 1.29 is 4.74 Å². The van der Waals surface area contributed by atoms with Gasteiger partial charge in [-0.1, -0.05) is 46.3 Å². The van der Waals surface area contributed by atoms with E-state index in [2.05, 4.69) is 20.9 Å². The molecule has 0 aliphatic rings. The Bertz CT molecular complexity index is 694. The number of pyridine rings is 1. The van der Waals surface area contributed by atoms with Gasteiger partial charge in [0.2, 0.25) is 0 Å². The van der Waals surface area contributed by atoms with Gasteiger partial charge in [0, 0.05) is 9.86 Å². The summed E-state index contributed by atoms with van der Waals surface area (Å²) < 4.78 is 6.84. The van der Waals surface area contributed by atoms with Gasteiger partial charge in [0.05, 0.1) is 11.7 Å². The van der Waals surface area contributed by atoms with Crippen LogP contribution in [0.15, 0.2) is 65.3 Å². The number of ether oxygens (including phenoxy) is 1. The fourth-order valence-electron chi connectivity index (χ4n) is 1.88. The highest BCUT2D eigenvalue weighted by molar-refractivity contribution is 9.10. The number of halogens is 1. The first-order valence-electron chi connectivity index (χ1n) is 6.03. The SMILES string of the molecule is Brc1ccc(COc2cnc3ccccc3c2)cc1. The number of hydrogen-bond acceptors (Lipinski definition) is 2. The highest BCUT2D eigenvalue weighted by Gasteiger charge is 1.99. The minimum Gasteiger partial charge on any atom is -0.487 e. The Morgan fingerprint density at radius 2 is 1.79 bits per heavy atom. The molecule has 3 heteroatoms. The van der Waals surface area contributed by atoms with Crippen LogP contribution in [0.4, 0.5) is 0 Å². The fraction of sp³-hybridized carbons (Fsp3) is 0.0625. The summed E-state index contributed by atoms with van der Waals surface area (Å²) in [6, 6.07) is 18.1. The van der Waals surface area contributed by atoms with Gasteiger partial charge in [0.25, 0.3) is 0 Å². The molecule has 2 aromatic carbocycles. The molecule has 19 heavy (non-hydrogen) atoms. The summed E-state index contributed by atoms with van der Waals surface area (Å²) in [7, 11) is 0. The molecule has 0 N–H and O–H groups in total. The molecule has 3 rings (SSSR count). The van der Waals surface area contributed by atoms with E-state index in [9.17, 15) is 0 Å². The van der Waals surface area contributed by atoms with Crippen molar-refractivity contribution in [2.75, 3.05) is 0 Å². The van der Waals surface area contributed by atoms with Gasteiger partial charge in [-0.05, 0) is 29.8 Å². The number of para-hydroxylation sites is 1. The van der Waals surface area contributed by atoms with Crippen LogP contribution in [-0.2, 0) is 6.61 Å². The van der Waals surface area contributed by atoms with Crippen molar-refractivity contribution in [2.24, 2.45) is 0 Å². The lowest BCUT2D eigenvalue weighted by Gasteiger charge is -2.07. The monoisotopic (exact) mass is 313 g/mol. The third kappa shape index (κ3) is 2.93. The number of aromatic nitrogens is 1. The average Bonchev–Trinajstić information content (AvgIpc) is 2.46. The Balaban J connectivity index is 1.76. The minimum absolute atomic E-state index is 0.549. The van der Waals surface area contributed by atoms with Gasteiger partial charge >= 0.3 is 0 Å². The van der Waals surface area contributed by atoms with Gasteiger partial charge in [0.15, 0.2) is 0 Å². The second-order valence-electron chi connectivity index (χ2n) is 4.28. The van der Waals surface area contributed by atoms with Gasteiger partial charge in [-0.15, -0.1) is 0 Å². The quantitative estimate of drug-likeness (QED) is 0.706. The number of rotatable bonds is 3. The van der Waals surface area contributed by atoms with Crippen LogP contribution in [0.3, 0.4) is 0 Å². The van der Waals surface area contributed by atoms with E-state index < -0.39 is 0 Å². The van der Waals surface area contributed by atoms with Crippen molar-refractivity contribution in [1.29, 1.82) is 0 Å². The first kappa shape index (κ1) is 12.2. The molecule has 2 nitrogen and oxygen atoms in total. The van der Waals surface area contributed by atoms with Gasteiger partial charge in [0.1, 0.15) is 12.4 Å². The molecule has 94 valence electrons. The summed E-state index contributed by atoms with van der Waals surface area (Å²) in [5.74, 6) is 0.793. The third-order valence-corrected chi connectivity index (χ3v) is 3.41. The smallest absolute Gasteiger partial charge is 0.138 e.